The standard InChI is InChI=1S/C45H75N15O14/c1-22(2)33(42(72)60-19-9-14-30(60)39(69)57-34(23(3)4)43(73)74)56-36(66)27(21-32(63)64)54-35(65)26(20-31(61)62)55-38(68)29-13-8-18-59(29)41(71)25(11-6-16-52-45(49)50)53-37(67)28-12-7-17-58(28)40(70)24(46)10-5-15-51-44(47)48/h22-30,33-34H,5-21,46H2,1-4H3,(H,53,67)(H,54,65)(H,55,68)(H,56,66)(H,57,69)(H,61,62)(H,63,64)(H,73,74)(H4,47,48,51)(H4,49,50,52)/t24-,25-,26-,27-,28-,29-,30-,33-,34-/m0/s1. The number of carboxylic acids is 3. The highest BCUT2D eigenvalue weighted by atomic mass is 16.4. The maximum absolute atomic E-state index is 14.4. The fraction of sp³-hybridized carbons (Fsp3) is 0.711. The highest BCUT2D eigenvalue weighted by molar-refractivity contribution is 6.00. The van der Waals surface area contributed by atoms with Gasteiger partial charge < -0.3 is 85.3 Å². The Balaban J connectivity index is 1.80. The molecule has 3 fully saturated rings. The number of amides is 8. The maximum atomic E-state index is 14.4. The Morgan fingerprint density at radius 1 is 0.514 bits per heavy atom. The molecule has 0 bridgehead atoms. The average molecular weight is 1050 g/mol. The van der Waals surface area contributed by atoms with Crippen LogP contribution in [0, 0.1) is 11.8 Å². The average Bonchev–Trinajstić information content (AvgIpc) is 4.12. The van der Waals surface area contributed by atoms with Gasteiger partial charge in [0.25, 0.3) is 0 Å². The molecule has 0 unspecified atom stereocenters. The molecule has 0 aromatic carbocycles. The Morgan fingerprint density at radius 2 is 0.905 bits per heavy atom. The molecule has 3 aliphatic heterocycles. The SMILES string of the molecule is CC(C)[C@H](NC(=O)[C@@H]1CCCN1C(=O)[C@@H](NC(=O)[C@H](CC(=O)O)NC(=O)[C@H](CC(=O)O)NC(=O)[C@@H]1CCCN1C(=O)[C@H](CCCN=C(N)N)NC(=O)[C@@H]1CCCN1C(=O)[C@@H](N)CCCN=C(N)N)C(C)C)C(=O)O. The minimum absolute atomic E-state index is 0.00400. The summed E-state index contributed by atoms with van der Waals surface area (Å²) in [6.45, 7) is 6.89. The third kappa shape index (κ3) is 18.0. The number of hydrogen-bond donors (Lipinski definition) is 13. The summed E-state index contributed by atoms with van der Waals surface area (Å²) in [5.74, 6) is -12.7. The second-order valence-corrected chi connectivity index (χ2v) is 19.3. The molecule has 3 aliphatic rings. The highest BCUT2D eigenvalue weighted by Gasteiger charge is 2.44. The lowest BCUT2D eigenvalue weighted by atomic mass is 10.0. The summed E-state index contributed by atoms with van der Waals surface area (Å²) in [5, 5.41) is 41.3. The third-order valence-corrected chi connectivity index (χ3v) is 12.8. The van der Waals surface area contributed by atoms with Crippen LogP contribution in [-0.4, -0.2) is 194 Å². The molecule has 3 rings (SSSR count). The van der Waals surface area contributed by atoms with E-state index in [1.54, 1.807) is 27.7 Å². The Bertz CT molecular complexity index is 2130. The molecule has 3 heterocycles. The Labute approximate surface area is 427 Å². The van der Waals surface area contributed by atoms with Gasteiger partial charge >= 0.3 is 17.9 Å². The first-order valence-electron chi connectivity index (χ1n) is 24.7. The Hall–Kier alpha value is -7.33. The van der Waals surface area contributed by atoms with Crippen molar-refractivity contribution < 1.29 is 68.1 Å². The van der Waals surface area contributed by atoms with Crippen molar-refractivity contribution in [3.63, 3.8) is 0 Å². The first-order chi connectivity index (χ1) is 34.7. The van der Waals surface area contributed by atoms with Crippen LogP contribution in [0.25, 0.3) is 0 Å². The number of hydrogen-bond acceptors (Lipinski definition) is 14. The summed E-state index contributed by atoms with van der Waals surface area (Å²) >= 11 is 0. The van der Waals surface area contributed by atoms with Crippen molar-refractivity contribution in [1.29, 1.82) is 0 Å². The number of aliphatic imine (C=N–C) groups is 2. The van der Waals surface area contributed by atoms with E-state index in [9.17, 15) is 68.1 Å². The molecule has 9 atom stereocenters. The number of carbonyl (C=O) groups excluding carboxylic acids is 8. The van der Waals surface area contributed by atoms with Crippen LogP contribution in [-0.2, 0) is 52.7 Å². The third-order valence-electron chi connectivity index (χ3n) is 12.8. The topological polar surface area (TPSA) is 473 Å². The molecular weight excluding hydrogens is 975 g/mol. The minimum Gasteiger partial charge on any atom is -0.481 e. The molecular formula is C45H75N15O14. The van der Waals surface area contributed by atoms with Gasteiger partial charge in [0.15, 0.2) is 11.9 Å². The normalized spacial score (nSPS) is 19.8. The van der Waals surface area contributed by atoms with Gasteiger partial charge in [0.1, 0.15) is 48.3 Å². The van der Waals surface area contributed by atoms with Gasteiger partial charge in [0.2, 0.25) is 47.3 Å². The molecule has 29 heteroatoms. The zero-order valence-electron chi connectivity index (χ0n) is 42.3. The predicted octanol–water partition coefficient (Wildman–Crippen LogP) is -4.84. The summed E-state index contributed by atoms with van der Waals surface area (Å²) in [4.78, 5) is 158. The molecule has 0 radical (unpaired) electrons. The fourth-order valence-electron chi connectivity index (χ4n) is 9.01. The van der Waals surface area contributed by atoms with Crippen LogP contribution in [0.1, 0.15) is 105 Å². The number of likely N-dealkylation sites (tertiary alicyclic amines) is 3. The van der Waals surface area contributed by atoms with Crippen molar-refractivity contribution in [3.8, 4) is 0 Å². The predicted molar refractivity (Wildman–Crippen MR) is 263 cm³/mol. The number of nitrogens with zero attached hydrogens (tertiary/aromatic N) is 5. The molecule has 0 spiro atoms. The van der Waals surface area contributed by atoms with Crippen LogP contribution in [0.2, 0.25) is 0 Å². The first-order valence-corrected chi connectivity index (χ1v) is 24.7. The lowest BCUT2D eigenvalue weighted by Gasteiger charge is -2.32. The maximum Gasteiger partial charge on any atom is 0.326 e. The summed E-state index contributed by atoms with van der Waals surface area (Å²) < 4.78 is 0. The van der Waals surface area contributed by atoms with E-state index >= 15 is 0 Å². The van der Waals surface area contributed by atoms with Gasteiger partial charge in [-0.2, -0.15) is 0 Å². The van der Waals surface area contributed by atoms with Crippen molar-refractivity contribution in [2.24, 2.45) is 50.5 Å². The molecule has 29 nitrogen and oxygen atoms in total. The quantitative estimate of drug-likeness (QED) is 0.0199. The van der Waals surface area contributed by atoms with Crippen LogP contribution in [0.3, 0.4) is 0 Å². The summed E-state index contributed by atoms with van der Waals surface area (Å²) in [7, 11) is 0. The number of nitrogens with one attached hydrogen (secondary N) is 5. The first kappa shape index (κ1) is 61.0. The summed E-state index contributed by atoms with van der Waals surface area (Å²) in [6.07, 6.45) is 0.204. The van der Waals surface area contributed by atoms with Crippen molar-refractivity contribution in [2.45, 2.75) is 159 Å². The zero-order chi connectivity index (χ0) is 55.6. The van der Waals surface area contributed by atoms with Crippen LogP contribution in [0.5, 0.6) is 0 Å². The van der Waals surface area contributed by atoms with Crippen LogP contribution < -0.4 is 55.3 Å². The molecule has 3 saturated heterocycles. The molecule has 8 amide bonds. The summed E-state index contributed by atoms with van der Waals surface area (Å²) in [5.41, 5.74) is 27.9. The van der Waals surface area contributed by atoms with E-state index in [4.69, 9.17) is 28.7 Å². The number of nitrogens with two attached hydrogens (primary N) is 5. The van der Waals surface area contributed by atoms with Gasteiger partial charge in [-0.1, -0.05) is 27.7 Å². The van der Waals surface area contributed by atoms with Gasteiger partial charge in [-0.15, -0.1) is 0 Å². The second kappa shape index (κ2) is 28.8. The molecule has 0 aliphatic carbocycles. The monoisotopic (exact) mass is 1050 g/mol. The van der Waals surface area contributed by atoms with E-state index in [1.165, 1.54) is 9.80 Å². The van der Waals surface area contributed by atoms with Gasteiger partial charge in [-0.05, 0) is 76.0 Å². The van der Waals surface area contributed by atoms with Gasteiger partial charge in [-0.3, -0.25) is 57.9 Å². The van der Waals surface area contributed by atoms with E-state index in [0.29, 0.717) is 19.3 Å². The minimum atomic E-state index is -1.94. The van der Waals surface area contributed by atoms with Crippen LogP contribution in [0.15, 0.2) is 9.98 Å². The van der Waals surface area contributed by atoms with E-state index in [1.807, 2.05) is 0 Å². The van der Waals surface area contributed by atoms with E-state index in [-0.39, 0.29) is 89.6 Å². The molecule has 0 saturated carbocycles. The highest BCUT2D eigenvalue weighted by Crippen LogP contribution is 2.24. The van der Waals surface area contributed by atoms with Crippen molar-refractivity contribution >= 4 is 77.1 Å². The molecule has 18 N–H and O–H groups in total. The molecule has 74 heavy (non-hydrogen) atoms. The lowest BCUT2D eigenvalue weighted by molar-refractivity contribution is -0.146. The van der Waals surface area contributed by atoms with Gasteiger partial charge in [0.05, 0.1) is 18.9 Å². The Morgan fingerprint density at radius 3 is 1.34 bits per heavy atom. The number of aliphatic carboxylic acids is 3. The number of carboxylic acid groups (broad SMARTS) is 3. The summed E-state index contributed by atoms with van der Waals surface area (Å²) in [6, 6.07) is -12.2. The smallest absolute Gasteiger partial charge is 0.326 e. The van der Waals surface area contributed by atoms with Crippen LogP contribution >= 0.6 is 0 Å². The Kier molecular flexibility index (Phi) is 23.7. The number of carbonyl (C=O) groups is 11. The van der Waals surface area contributed by atoms with E-state index < -0.39 is 144 Å². The lowest BCUT2D eigenvalue weighted by Crippen LogP contribution is -2.61. The number of guanidine groups is 2. The van der Waals surface area contributed by atoms with Crippen LogP contribution in [0.4, 0.5) is 0 Å². The molecule has 0 aromatic heterocycles. The van der Waals surface area contributed by atoms with E-state index in [2.05, 4.69) is 36.6 Å². The van der Waals surface area contributed by atoms with E-state index in [0.717, 1.165) is 4.90 Å². The molecule has 414 valence electrons. The second-order valence-electron chi connectivity index (χ2n) is 19.3. The number of rotatable bonds is 28. The largest absolute Gasteiger partial charge is 0.481 e. The molecule has 0 aromatic rings. The zero-order valence-corrected chi connectivity index (χ0v) is 42.3. The fourth-order valence-corrected chi connectivity index (χ4v) is 9.01. The van der Waals surface area contributed by atoms with Gasteiger partial charge in [0, 0.05) is 32.7 Å². The van der Waals surface area contributed by atoms with Crippen molar-refractivity contribution in [3.05, 3.63) is 0 Å². The van der Waals surface area contributed by atoms with Crippen molar-refractivity contribution in [1.82, 2.24) is 41.3 Å². The van der Waals surface area contributed by atoms with Crippen molar-refractivity contribution in [2.75, 3.05) is 32.7 Å². The van der Waals surface area contributed by atoms with Gasteiger partial charge in [-0.25, -0.2) is 4.79 Å².